The Labute approximate surface area is 143 Å². The Balaban J connectivity index is 2.12. The Hall–Kier alpha value is -2.44. The predicted molar refractivity (Wildman–Crippen MR) is 95.4 cm³/mol. The quantitative estimate of drug-likeness (QED) is 0.874. The van der Waals surface area contributed by atoms with E-state index >= 15 is 0 Å². The smallest absolute Gasteiger partial charge is 0.193 e. The van der Waals surface area contributed by atoms with E-state index in [2.05, 4.69) is 11.4 Å². The van der Waals surface area contributed by atoms with E-state index in [1.807, 2.05) is 50.2 Å². The SMILES string of the molecule is Cc1cccc(C(=O)c2cccc(C#N)c2C2CCNCC2)c1C. The molecule has 3 nitrogen and oxygen atoms in total. The van der Waals surface area contributed by atoms with Gasteiger partial charge in [0.2, 0.25) is 0 Å². The number of nitrogens with zero attached hydrogens (tertiary/aromatic N) is 1. The number of hydrogen-bond acceptors (Lipinski definition) is 3. The fraction of sp³-hybridized carbons (Fsp3) is 0.333. The molecule has 0 radical (unpaired) electrons. The summed E-state index contributed by atoms with van der Waals surface area (Å²) in [5.74, 6) is 0.299. The lowest BCUT2D eigenvalue weighted by Gasteiger charge is -2.26. The van der Waals surface area contributed by atoms with Crippen molar-refractivity contribution in [3.05, 3.63) is 69.8 Å². The third-order valence-electron chi connectivity index (χ3n) is 5.07. The van der Waals surface area contributed by atoms with E-state index in [1.54, 1.807) is 0 Å². The van der Waals surface area contributed by atoms with Crippen LogP contribution in [0, 0.1) is 25.2 Å². The van der Waals surface area contributed by atoms with Crippen LogP contribution in [0.1, 0.15) is 56.9 Å². The van der Waals surface area contributed by atoms with Gasteiger partial charge >= 0.3 is 0 Å². The average Bonchev–Trinajstić information content (AvgIpc) is 2.63. The third-order valence-corrected chi connectivity index (χ3v) is 5.07. The van der Waals surface area contributed by atoms with Crippen molar-refractivity contribution in [3.63, 3.8) is 0 Å². The molecule has 1 saturated heterocycles. The van der Waals surface area contributed by atoms with Crippen molar-refractivity contribution in [3.8, 4) is 6.07 Å². The first-order valence-electron chi connectivity index (χ1n) is 8.48. The highest BCUT2D eigenvalue weighted by Gasteiger charge is 2.25. The molecule has 0 unspecified atom stereocenters. The van der Waals surface area contributed by atoms with Crippen molar-refractivity contribution in [1.29, 1.82) is 5.26 Å². The molecule has 122 valence electrons. The van der Waals surface area contributed by atoms with Gasteiger partial charge in [0.15, 0.2) is 5.78 Å². The minimum Gasteiger partial charge on any atom is -0.317 e. The topological polar surface area (TPSA) is 52.9 Å². The van der Waals surface area contributed by atoms with Crippen LogP contribution in [0.3, 0.4) is 0 Å². The predicted octanol–water partition coefficient (Wildman–Crippen LogP) is 3.87. The molecule has 1 aliphatic heterocycles. The van der Waals surface area contributed by atoms with Gasteiger partial charge in [0.05, 0.1) is 11.6 Å². The van der Waals surface area contributed by atoms with Crippen LogP contribution >= 0.6 is 0 Å². The van der Waals surface area contributed by atoms with Crippen LogP contribution in [0.25, 0.3) is 0 Å². The van der Waals surface area contributed by atoms with Gasteiger partial charge in [-0.05, 0) is 68.5 Å². The summed E-state index contributed by atoms with van der Waals surface area (Å²) >= 11 is 0. The van der Waals surface area contributed by atoms with Crippen LogP contribution in [0.5, 0.6) is 0 Å². The molecule has 1 aliphatic rings. The van der Waals surface area contributed by atoms with E-state index in [1.165, 1.54) is 0 Å². The van der Waals surface area contributed by atoms with E-state index in [0.29, 0.717) is 11.1 Å². The van der Waals surface area contributed by atoms with Crippen molar-refractivity contribution in [2.24, 2.45) is 0 Å². The summed E-state index contributed by atoms with van der Waals surface area (Å²) in [4.78, 5) is 13.2. The van der Waals surface area contributed by atoms with Gasteiger partial charge in [-0.2, -0.15) is 5.26 Å². The number of benzene rings is 2. The molecule has 1 fully saturated rings. The molecule has 2 aromatic carbocycles. The highest BCUT2D eigenvalue weighted by atomic mass is 16.1. The molecule has 0 amide bonds. The molecule has 0 bridgehead atoms. The van der Waals surface area contributed by atoms with E-state index in [0.717, 1.165) is 48.2 Å². The molecule has 1 heterocycles. The van der Waals surface area contributed by atoms with Crippen LogP contribution in [0.2, 0.25) is 0 Å². The maximum atomic E-state index is 13.2. The Morgan fingerprint density at radius 1 is 1.08 bits per heavy atom. The first kappa shape index (κ1) is 16.4. The van der Waals surface area contributed by atoms with Gasteiger partial charge in [0, 0.05) is 11.1 Å². The maximum absolute atomic E-state index is 13.2. The highest BCUT2D eigenvalue weighted by Crippen LogP contribution is 2.32. The number of piperidine rings is 1. The van der Waals surface area contributed by atoms with Crippen LogP contribution in [0.15, 0.2) is 36.4 Å². The van der Waals surface area contributed by atoms with Crippen molar-refractivity contribution < 1.29 is 4.79 Å². The van der Waals surface area contributed by atoms with Gasteiger partial charge in [-0.15, -0.1) is 0 Å². The van der Waals surface area contributed by atoms with E-state index in [9.17, 15) is 10.1 Å². The Morgan fingerprint density at radius 2 is 1.75 bits per heavy atom. The number of carbonyl (C=O) groups excluding carboxylic acids is 1. The summed E-state index contributed by atoms with van der Waals surface area (Å²) in [5, 5.41) is 12.9. The molecule has 0 saturated carbocycles. The zero-order valence-corrected chi connectivity index (χ0v) is 14.2. The average molecular weight is 318 g/mol. The van der Waals surface area contributed by atoms with Crippen molar-refractivity contribution >= 4 is 5.78 Å². The number of aryl methyl sites for hydroxylation is 1. The monoisotopic (exact) mass is 318 g/mol. The molecule has 0 aromatic heterocycles. The number of ketones is 1. The molecular formula is C21H22N2O. The van der Waals surface area contributed by atoms with Crippen molar-refractivity contribution in [2.45, 2.75) is 32.6 Å². The van der Waals surface area contributed by atoms with Crippen molar-refractivity contribution in [1.82, 2.24) is 5.32 Å². The number of hydrogen-bond donors (Lipinski definition) is 1. The van der Waals surface area contributed by atoms with Gasteiger partial charge in [-0.25, -0.2) is 0 Å². The molecule has 3 rings (SSSR count). The van der Waals surface area contributed by atoms with Crippen LogP contribution < -0.4 is 5.32 Å². The standard InChI is InChI=1S/C21H22N2O/c1-14-5-3-7-18(15(14)2)21(24)19-8-4-6-17(13-22)20(19)16-9-11-23-12-10-16/h3-8,16,23H,9-12H2,1-2H3. The number of rotatable bonds is 3. The molecule has 0 aliphatic carbocycles. The Bertz CT molecular complexity index is 811. The lowest BCUT2D eigenvalue weighted by Crippen LogP contribution is -2.28. The second-order valence-corrected chi connectivity index (χ2v) is 6.48. The van der Waals surface area contributed by atoms with Crippen molar-refractivity contribution in [2.75, 3.05) is 13.1 Å². The molecule has 2 aromatic rings. The summed E-state index contributed by atoms with van der Waals surface area (Å²) in [6.07, 6.45) is 1.93. The first-order valence-corrected chi connectivity index (χ1v) is 8.48. The van der Waals surface area contributed by atoms with Gasteiger partial charge in [0.25, 0.3) is 0 Å². The lowest BCUT2D eigenvalue weighted by atomic mass is 9.81. The summed E-state index contributed by atoms with van der Waals surface area (Å²) in [6, 6.07) is 13.7. The largest absolute Gasteiger partial charge is 0.317 e. The molecule has 24 heavy (non-hydrogen) atoms. The van der Waals surface area contributed by atoms with Gasteiger partial charge < -0.3 is 5.32 Å². The third kappa shape index (κ3) is 2.98. The molecule has 1 N–H and O–H groups in total. The van der Waals surface area contributed by atoms with E-state index in [-0.39, 0.29) is 11.7 Å². The van der Waals surface area contributed by atoms with E-state index in [4.69, 9.17) is 0 Å². The molecule has 3 heteroatoms. The minimum absolute atomic E-state index is 0.0295. The zero-order chi connectivity index (χ0) is 17.1. The summed E-state index contributed by atoms with van der Waals surface area (Å²) in [6.45, 7) is 5.87. The highest BCUT2D eigenvalue weighted by molar-refractivity contribution is 6.11. The summed E-state index contributed by atoms with van der Waals surface area (Å²) in [7, 11) is 0. The normalized spacial score (nSPS) is 15.0. The second kappa shape index (κ2) is 6.98. The molecular weight excluding hydrogens is 296 g/mol. The minimum atomic E-state index is 0.0295. The fourth-order valence-electron chi connectivity index (χ4n) is 3.55. The number of carbonyl (C=O) groups is 1. The van der Waals surface area contributed by atoms with Gasteiger partial charge in [-0.3, -0.25) is 4.79 Å². The van der Waals surface area contributed by atoms with Crippen LogP contribution in [-0.4, -0.2) is 18.9 Å². The van der Waals surface area contributed by atoms with Gasteiger partial charge in [0.1, 0.15) is 0 Å². The van der Waals surface area contributed by atoms with Crippen LogP contribution in [0.4, 0.5) is 0 Å². The lowest BCUT2D eigenvalue weighted by molar-refractivity contribution is 0.103. The van der Waals surface area contributed by atoms with Crippen LogP contribution in [-0.2, 0) is 0 Å². The Kier molecular flexibility index (Phi) is 4.78. The molecule has 0 spiro atoms. The van der Waals surface area contributed by atoms with E-state index < -0.39 is 0 Å². The summed E-state index contributed by atoms with van der Waals surface area (Å²) in [5.41, 5.74) is 5.13. The summed E-state index contributed by atoms with van der Waals surface area (Å²) < 4.78 is 0. The zero-order valence-electron chi connectivity index (χ0n) is 14.2. The second-order valence-electron chi connectivity index (χ2n) is 6.48. The number of nitrogens with one attached hydrogen (secondary N) is 1. The molecule has 0 atom stereocenters. The van der Waals surface area contributed by atoms with Gasteiger partial charge in [-0.1, -0.05) is 30.3 Å². The number of nitriles is 1. The Morgan fingerprint density at radius 3 is 2.46 bits per heavy atom. The fourth-order valence-corrected chi connectivity index (χ4v) is 3.55. The maximum Gasteiger partial charge on any atom is 0.193 e. The first-order chi connectivity index (χ1) is 11.6.